The predicted octanol–water partition coefficient (Wildman–Crippen LogP) is 3.99. The highest BCUT2D eigenvalue weighted by Crippen LogP contribution is 2.35. The van der Waals surface area contributed by atoms with Crippen LogP contribution in [0.3, 0.4) is 0 Å². The minimum absolute atomic E-state index is 0. The average molecular weight is 826 g/mol. The van der Waals surface area contributed by atoms with Crippen LogP contribution in [-0.2, 0) is 25.5 Å². The summed E-state index contributed by atoms with van der Waals surface area (Å²) in [6.45, 7) is 7.33. The first kappa shape index (κ1) is 46.2. The van der Waals surface area contributed by atoms with E-state index in [1.807, 2.05) is 0 Å². The molecule has 5 rings (SSSR count). The molecule has 5 amide bonds. The molecule has 1 aliphatic carbocycles. The lowest BCUT2D eigenvalue weighted by molar-refractivity contribution is -0.136. The third-order valence-electron chi connectivity index (χ3n) is 11.2. The van der Waals surface area contributed by atoms with E-state index in [0.717, 1.165) is 25.7 Å². The number of ether oxygens (including phenoxy) is 2. The van der Waals surface area contributed by atoms with Gasteiger partial charge in [0.1, 0.15) is 18.0 Å². The Morgan fingerprint density at radius 1 is 0.966 bits per heavy atom. The fourth-order valence-corrected chi connectivity index (χ4v) is 7.71. The van der Waals surface area contributed by atoms with Crippen molar-refractivity contribution in [1.82, 2.24) is 20.0 Å². The van der Waals surface area contributed by atoms with Crippen LogP contribution in [-0.4, -0.2) is 121 Å². The van der Waals surface area contributed by atoms with Crippen LogP contribution in [0.4, 0.5) is 9.18 Å². The molecule has 2 heterocycles. The lowest BCUT2D eigenvalue weighted by Crippen LogP contribution is -2.54. The summed E-state index contributed by atoms with van der Waals surface area (Å²) in [4.78, 5) is 69.7. The topological polar surface area (TPSA) is 201 Å². The van der Waals surface area contributed by atoms with Crippen LogP contribution in [0.15, 0.2) is 42.5 Å². The van der Waals surface area contributed by atoms with E-state index in [4.69, 9.17) is 26.4 Å². The van der Waals surface area contributed by atoms with Gasteiger partial charge in [0.25, 0.3) is 5.91 Å². The van der Waals surface area contributed by atoms with Gasteiger partial charge >= 0.3 is 6.09 Å². The van der Waals surface area contributed by atoms with Gasteiger partial charge in [0.05, 0.1) is 24.8 Å². The zero-order valence-corrected chi connectivity index (χ0v) is 34.9. The Morgan fingerprint density at radius 3 is 2.21 bits per heavy atom. The number of carbonyl (C=O) groups excluding carboxylic acids is 5. The van der Waals surface area contributed by atoms with Crippen molar-refractivity contribution >= 4 is 48.9 Å². The van der Waals surface area contributed by atoms with Crippen LogP contribution >= 0.6 is 13.5 Å². The van der Waals surface area contributed by atoms with Crippen molar-refractivity contribution in [3.05, 3.63) is 70.5 Å². The average Bonchev–Trinajstić information content (AvgIpc) is 3.17. The highest BCUT2D eigenvalue weighted by atomic mass is 32.1. The monoisotopic (exact) mass is 825 g/mol. The molecule has 2 saturated heterocycles. The summed E-state index contributed by atoms with van der Waals surface area (Å²) < 4.78 is 26.3. The van der Waals surface area contributed by atoms with Crippen molar-refractivity contribution in [3.8, 4) is 0 Å². The molecule has 6 N–H and O–H groups in total. The first-order valence-electron chi connectivity index (χ1n) is 20.0. The van der Waals surface area contributed by atoms with E-state index in [9.17, 15) is 24.0 Å². The van der Waals surface area contributed by atoms with Gasteiger partial charge in [0.2, 0.25) is 17.7 Å². The number of amides is 5. The van der Waals surface area contributed by atoms with Crippen LogP contribution in [0.2, 0.25) is 0 Å². The minimum Gasteiger partial charge on any atom is -0.444 e. The van der Waals surface area contributed by atoms with Gasteiger partial charge in [-0.15, -0.1) is 0 Å². The molecular formula is C42H60FN7O7S. The van der Waals surface area contributed by atoms with Gasteiger partial charge in [-0.3, -0.25) is 24.1 Å². The fourth-order valence-electron chi connectivity index (χ4n) is 7.71. The molecule has 1 saturated carbocycles. The van der Waals surface area contributed by atoms with Crippen LogP contribution in [0.1, 0.15) is 97.6 Å². The number of hydrogen-bond acceptors (Lipinski definition) is 9. The molecule has 0 aromatic heterocycles. The summed E-state index contributed by atoms with van der Waals surface area (Å²) in [5.41, 5.74) is 11.7. The second-order valence-corrected chi connectivity index (χ2v) is 16.7. The van der Waals surface area contributed by atoms with E-state index < -0.39 is 35.4 Å². The zero-order chi connectivity index (χ0) is 41.3. The Bertz CT molecular complexity index is 1800. The van der Waals surface area contributed by atoms with Crippen molar-refractivity contribution < 1.29 is 37.8 Å². The zero-order valence-electron chi connectivity index (χ0n) is 33.9. The lowest BCUT2D eigenvalue weighted by atomic mass is 9.79. The van der Waals surface area contributed by atoms with Crippen LogP contribution < -0.4 is 16.8 Å². The van der Waals surface area contributed by atoms with E-state index >= 15 is 4.39 Å². The summed E-state index contributed by atoms with van der Waals surface area (Å²) in [5.74, 6) is -2.15. The third-order valence-corrected chi connectivity index (χ3v) is 11.2. The predicted molar refractivity (Wildman–Crippen MR) is 223 cm³/mol. The molecule has 2 aromatic rings. The van der Waals surface area contributed by atoms with Gasteiger partial charge < -0.3 is 41.5 Å². The summed E-state index contributed by atoms with van der Waals surface area (Å²) in [6.07, 6.45) is 5.93. The normalized spacial score (nSPS) is 17.3. The number of carbonyl (C=O) groups is 5. The molecule has 3 fully saturated rings. The molecule has 2 aliphatic heterocycles. The highest BCUT2D eigenvalue weighted by Gasteiger charge is 2.40. The molecule has 0 spiro atoms. The maximum atomic E-state index is 15.0. The Balaban J connectivity index is 0.00000744. The molecule has 2 aromatic carbocycles. The fraction of sp³-hybridized carbons (Fsp3) is 0.571. The molecule has 0 bridgehead atoms. The molecule has 0 radical (unpaired) electrons. The number of rotatable bonds is 15. The summed E-state index contributed by atoms with van der Waals surface area (Å²) >= 11 is 0. The summed E-state index contributed by atoms with van der Waals surface area (Å²) in [7, 11) is 0. The van der Waals surface area contributed by atoms with E-state index in [1.165, 1.54) is 40.5 Å². The Morgan fingerprint density at radius 2 is 1.60 bits per heavy atom. The van der Waals surface area contributed by atoms with E-state index in [1.54, 1.807) is 43.9 Å². The molecule has 1 unspecified atom stereocenters. The van der Waals surface area contributed by atoms with Crippen LogP contribution in [0.5, 0.6) is 0 Å². The van der Waals surface area contributed by atoms with Crippen LogP contribution in [0.25, 0.3) is 0 Å². The molecule has 16 heteroatoms. The largest absolute Gasteiger partial charge is 0.444 e. The van der Waals surface area contributed by atoms with Crippen LogP contribution in [0, 0.1) is 22.6 Å². The number of nitrogens with two attached hydrogens (primary N) is 2. The number of benzene rings is 2. The molecular weight excluding hydrogens is 766 g/mol. The maximum absolute atomic E-state index is 15.0. The van der Waals surface area contributed by atoms with Gasteiger partial charge in [-0.2, -0.15) is 13.5 Å². The van der Waals surface area contributed by atoms with Crippen molar-refractivity contribution in [3.63, 3.8) is 0 Å². The van der Waals surface area contributed by atoms with E-state index in [-0.39, 0.29) is 99.2 Å². The minimum atomic E-state index is -0.788. The number of piperazine rings is 1. The first-order valence-corrected chi connectivity index (χ1v) is 20.0. The lowest BCUT2D eigenvalue weighted by Gasteiger charge is -2.43. The summed E-state index contributed by atoms with van der Waals surface area (Å²) in [6, 6.07) is 10.1. The third kappa shape index (κ3) is 12.2. The van der Waals surface area contributed by atoms with E-state index in [2.05, 4.69) is 5.32 Å². The van der Waals surface area contributed by atoms with Gasteiger partial charge in [-0.05, 0) is 76.1 Å². The smallest absolute Gasteiger partial charge is 0.410 e. The first-order chi connectivity index (χ1) is 27.1. The molecule has 14 nitrogen and oxygen atoms in total. The Kier molecular flexibility index (Phi) is 16.3. The Hall–Kier alpha value is -4.54. The van der Waals surface area contributed by atoms with Crippen molar-refractivity contribution in [2.75, 3.05) is 59.0 Å². The number of hydrogen-bond donors (Lipinski definition) is 4. The van der Waals surface area contributed by atoms with Crippen molar-refractivity contribution in [2.45, 2.75) is 83.8 Å². The number of halogens is 1. The number of primary amides is 1. The standard InChI is InChI=1S/C42H58FN7O7.H2S/c1-41(2,3)57-40(55)50(18-16-42(26-56-27-42)15-17-47-38(53)36(45)29-9-5-4-6-10-29)25-35(51)48-19-21-49(22-20-48)39(54)32-23-28(13-14-33(32)43)24-34(44)30-11-7-8-12-31(30)37(46)52;/h7-8,11-14,23,29,36,44H,4-6,9-10,15-22,24-27,45H2,1-3H3,(H2,46,52)(H,47,53);1H2. The highest BCUT2D eigenvalue weighted by molar-refractivity contribution is 7.59. The SMILES string of the molecule is CC(C)(C)OC(=O)N(CCC1(CCNC(=O)C(N)C2CCCCC2)COC1)CC(=O)N1CCN(C(=O)c2cc(CC(=N)c3ccccc3C(N)=O)ccc2F)CC1.S. The quantitative estimate of drug-likeness (QED) is 0.193. The van der Waals surface area contributed by atoms with Gasteiger partial charge in [0.15, 0.2) is 0 Å². The second kappa shape index (κ2) is 20.4. The summed E-state index contributed by atoms with van der Waals surface area (Å²) in [5, 5.41) is 11.6. The van der Waals surface area contributed by atoms with E-state index in [0.29, 0.717) is 43.7 Å². The van der Waals surface area contributed by atoms with Gasteiger partial charge in [-0.25, -0.2) is 9.18 Å². The number of nitrogens with zero attached hydrogens (tertiary/aromatic N) is 3. The molecule has 1 atom stereocenters. The Labute approximate surface area is 347 Å². The second-order valence-electron chi connectivity index (χ2n) is 16.7. The molecule has 318 valence electrons. The molecule has 58 heavy (non-hydrogen) atoms. The van der Waals surface area contributed by atoms with Crippen molar-refractivity contribution in [1.29, 1.82) is 5.41 Å². The van der Waals surface area contributed by atoms with Crippen molar-refractivity contribution in [2.24, 2.45) is 22.8 Å². The maximum Gasteiger partial charge on any atom is 0.410 e. The number of nitrogens with one attached hydrogen (secondary N) is 2. The molecule has 3 aliphatic rings. The van der Waals surface area contributed by atoms with Gasteiger partial charge in [-0.1, -0.05) is 43.5 Å². The van der Waals surface area contributed by atoms with Gasteiger partial charge in [0, 0.05) is 67.9 Å².